The molecule has 6 heteroatoms. The predicted molar refractivity (Wildman–Crippen MR) is 124 cm³/mol. The minimum atomic E-state index is -0.141. The van der Waals surface area contributed by atoms with Gasteiger partial charge in [0.05, 0.1) is 0 Å². The average Bonchev–Trinajstić information content (AvgIpc) is 3.25. The maximum Gasteiger partial charge on any atom is 0.274 e. The Bertz CT molecular complexity index is 1030. The normalized spacial score (nSPS) is 16.1. The molecule has 1 aliphatic heterocycles. The van der Waals surface area contributed by atoms with Gasteiger partial charge in [-0.15, -0.1) is 0 Å². The number of aromatic nitrogens is 2. The lowest BCUT2D eigenvalue weighted by atomic mass is 9.84. The van der Waals surface area contributed by atoms with Crippen LogP contribution in [0.15, 0.2) is 66.9 Å². The summed E-state index contributed by atoms with van der Waals surface area (Å²) in [4.78, 5) is 17.4. The highest BCUT2D eigenvalue weighted by Gasteiger charge is 2.32. The van der Waals surface area contributed by atoms with Crippen LogP contribution in [-0.4, -0.2) is 51.7 Å². The summed E-state index contributed by atoms with van der Waals surface area (Å²) < 4.78 is 15.7. The number of piperidine rings is 1. The van der Waals surface area contributed by atoms with Crippen LogP contribution in [0.3, 0.4) is 0 Å². The van der Waals surface area contributed by atoms with Crippen molar-refractivity contribution in [2.45, 2.75) is 31.8 Å². The van der Waals surface area contributed by atoms with Crippen LogP contribution in [0.1, 0.15) is 34.5 Å². The molecule has 1 amide bonds. The summed E-state index contributed by atoms with van der Waals surface area (Å²) in [7, 11) is 3.72. The van der Waals surface area contributed by atoms with Crippen molar-refractivity contribution in [3.05, 3.63) is 89.5 Å². The van der Waals surface area contributed by atoms with Crippen LogP contribution in [0.5, 0.6) is 0 Å². The molecular weight excluding hydrogens is 403 g/mol. The summed E-state index contributed by atoms with van der Waals surface area (Å²) in [6, 6.07) is 19.2. The van der Waals surface area contributed by atoms with Crippen molar-refractivity contribution in [2.24, 2.45) is 13.0 Å². The van der Waals surface area contributed by atoms with Gasteiger partial charge in [0.15, 0.2) is 0 Å². The molecule has 2 aromatic carbocycles. The Balaban J connectivity index is 1.46. The first-order chi connectivity index (χ1) is 15.5. The molecule has 32 heavy (non-hydrogen) atoms. The van der Waals surface area contributed by atoms with E-state index in [1.165, 1.54) is 11.6 Å². The largest absolute Gasteiger partial charge is 0.337 e. The van der Waals surface area contributed by atoms with Crippen LogP contribution >= 0.6 is 0 Å². The van der Waals surface area contributed by atoms with Crippen LogP contribution in [0.4, 0.5) is 4.39 Å². The number of carbonyl (C=O) groups is 1. The lowest BCUT2D eigenvalue weighted by molar-refractivity contribution is 0.0578. The monoisotopic (exact) mass is 434 g/mol. The molecule has 3 aromatic rings. The number of hydrogen-bond donors (Lipinski definition) is 0. The zero-order valence-corrected chi connectivity index (χ0v) is 18.8. The number of likely N-dealkylation sites (N-methyl/N-ethyl adjacent to an activating group) is 1. The molecule has 1 saturated heterocycles. The molecule has 0 radical (unpaired) electrons. The number of rotatable bonds is 7. The Morgan fingerprint density at radius 3 is 2.44 bits per heavy atom. The van der Waals surface area contributed by atoms with Crippen LogP contribution in [0.25, 0.3) is 0 Å². The number of nitrogens with zero attached hydrogens (tertiary/aromatic N) is 4. The smallest absolute Gasteiger partial charge is 0.274 e. The topological polar surface area (TPSA) is 41.4 Å². The van der Waals surface area contributed by atoms with E-state index in [0.29, 0.717) is 18.2 Å². The molecule has 1 fully saturated rings. The Hall–Kier alpha value is -2.99. The number of carbonyl (C=O) groups excluding carboxylic acids is 1. The van der Waals surface area contributed by atoms with E-state index in [1.807, 2.05) is 49.3 Å². The van der Waals surface area contributed by atoms with Gasteiger partial charge in [0, 0.05) is 38.4 Å². The van der Waals surface area contributed by atoms with Gasteiger partial charge in [-0.05, 0) is 56.0 Å². The van der Waals surface area contributed by atoms with E-state index in [4.69, 9.17) is 0 Å². The maximum atomic E-state index is 14.1. The molecule has 0 unspecified atom stereocenters. The molecule has 5 nitrogen and oxygen atoms in total. The summed E-state index contributed by atoms with van der Waals surface area (Å²) in [6.45, 7) is 2.43. The Morgan fingerprint density at radius 2 is 1.78 bits per heavy atom. The maximum absolute atomic E-state index is 14.1. The number of halogens is 1. The van der Waals surface area contributed by atoms with Crippen molar-refractivity contribution in [3.63, 3.8) is 0 Å². The van der Waals surface area contributed by atoms with E-state index < -0.39 is 0 Å². The number of hydrogen-bond acceptors (Lipinski definition) is 3. The molecule has 0 saturated carbocycles. The fraction of sp³-hybridized carbons (Fsp3) is 0.385. The van der Waals surface area contributed by atoms with Gasteiger partial charge in [-0.2, -0.15) is 5.10 Å². The third-order valence-electron chi connectivity index (χ3n) is 6.57. The fourth-order valence-electron chi connectivity index (χ4n) is 4.70. The van der Waals surface area contributed by atoms with Gasteiger partial charge in [-0.1, -0.05) is 48.5 Å². The van der Waals surface area contributed by atoms with E-state index >= 15 is 0 Å². The third-order valence-corrected chi connectivity index (χ3v) is 6.57. The third kappa shape index (κ3) is 5.25. The molecule has 0 N–H and O–H groups in total. The van der Waals surface area contributed by atoms with E-state index in [1.54, 1.807) is 23.0 Å². The molecule has 1 aliphatic rings. The van der Waals surface area contributed by atoms with Crippen LogP contribution in [-0.2, 0) is 20.0 Å². The van der Waals surface area contributed by atoms with E-state index in [-0.39, 0.29) is 17.8 Å². The number of benzene rings is 2. The minimum absolute atomic E-state index is 0.0414. The predicted octanol–water partition coefficient (Wildman–Crippen LogP) is 4.15. The van der Waals surface area contributed by atoms with Crippen molar-refractivity contribution in [2.75, 3.05) is 20.1 Å². The molecule has 0 aliphatic carbocycles. The van der Waals surface area contributed by atoms with Gasteiger partial charge >= 0.3 is 0 Å². The molecule has 1 atom stereocenters. The first-order valence-corrected chi connectivity index (χ1v) is 11.3. The van der Waals surface area contributed by atoms with Crippen LogP contribution < -0.4 is 0 Å². The summed E-state index contributed by atoms with van der Waals surface area (Å²) in [5.74, 6) is 0.197. The summed E-state index contributed by atoms with van der Waals surface area (Å²) in [6.07, 6.45) is 4.57. The summed E-state index contributed by atoms with van der Waals surface area (Å²) >= 11 is 0. The molecule has 0 bridgehead atoms. The highest BCUT2D eigenvalue weighted by molar-refractivity contribution is 5.92. The van der Waals surface area contributed by atoms with Crippen molar-refractivity contribution >= 4 is 5.91 Å². The molecule has 168 valence electrons. The highest BCUT2D eigenvalue weighted by Crippen LogP contribution is 2.28. The number of aryl methyl sites for hydroxylation is 1. The van der Waals surface area contributed by atoms with Crippen molar-refractivity contribution < 1.29 is 9.18 Å². The van der Waals surface area contributed by atoms with Gasteiger partial charge in [0.2, 0.25) is 0 Å². The summed E-state index contributed by atoms with van der Waals surface area (Å²) in [5.41, 5.74) is 2.45. The van der Waals surface area contributed by atoms with E-state index in [9.17, 15) is 9.18 Å². The zero-order chi connectivity index (χ0) is 22.5. The van der Waals surface area contributed by atoms with Crippen molar-refractivity contribution in [1.29, 1.82) is 0 Å². The minimum Gasteiger partial charge on any atom is -0.337 e. The summed E-state index contributed by atoms with van der Waals surface area (Å²) in [5, 5.41) is 4.32. The van der Waals surface area contributed by atoms with Crippen molar-refractivity contribution in [1.82, 2.24) is 19.6 Å². The fourth-order valence-corrected chi connectivity index (χ4v) is 4.70. The van der Waals surface area contributed by atoms with Crippen LogP contribution in [0.2, 0.25) is 0 Å². The highest BCUT2D eigenvalue weighted by atomic mass is 19.1. The lowest BCUT2D eigenvalue weighted by Gasteiger charge is -2.40. The Morgan fingerprint density at radius 1 is 1.09 bits per heavy atom. The molecule has 2 heterocycles. The van der Waals surface area contributed by atoms with Crippen LogP contribution in [0, 0.1) is 11.7 Å². The molecule has 1 aromatic heterocycles. The number of amides is 1. The van der Waals surface area contributed by atoms with Gasteiger partial charge in [-0.25, -0.2) is 4.39 Å². The van der Waals surface area contributed by atoms with E-state index in [0.717, 1.165) is 37.9 Å². The van der Waals surface area contributed by atoms with Gasteiger partial charge in [0.25, 0.3) is 5.91 Å². The molecule has 4 rings (SSSR count). The Labute approximate surface area is 189 Å². The second-order valence-corrected chi connectivity index (χ2v) is 8.75. The molecule has 0 spiro atoms. The quantitative estimate of drug-likeness (QED) is 0.561. The SMILES string of the molecule is CN(C(=O)c1ccn(C)n1)[C@H](Cc1ccccc1)C1CCN(Cc2ccccc2F)CC1. The van der Waals surface area contributed by atoms with Crippen molar-refractivity contribution in [3.8, 4) is 0 Å². The second-order valence-electron chi connectivity index (χ2n) is 8.75. The molecular formula is C26H31FN4O. The Kier molecular flexibility index (Phi) is 7.00. The first-order valence-electron chi connectivity index (χ1n) is 11.3. The zero-order valence-electron chi connectivity index (χ0n) is 18.8. The average molecular weight is 435 g/mol. The van der Waals surface area contributed by atoms with Gasteiger partial charge < -0.3 is 4.90 Å². The van der Waals surface area contributed by atoms with Gasteiger partial charge in [0.1, 0.15) is 11.5 Å². The van der Waals surface area contributed by atoms with Gasteiger partial charge in [-0.3, -0.25) is 14.4 Å². The number of likely N-dealkylation sites (tertiary alicyclic amines) is 1. The standard InChI is InChI=1S/C26H31FN4O/c1-29-15-14-24(28-29)26(32)30(2)25(18-20-8-4-3-5-9-20)21-12-16-31(17-13-21)19-22-10-6-7-11-23(22)27/h3-11,14-15,21,25H,12-13,16-19H2,1-2H3/t25-/m1/s1. The lowest BCUT2D eigenvalue weighted by Crippen LogP contribution is -2.47. The first kappa shape index (κ1) is 22.2. The van der Waals surface area contributed by atoms with E-state index in [2.05, 4.69) is 22.1 Å². The second kappa shape index (κ2) is 10.1.